The topological polar surface area (TPSA) is 114 Å². The standard InChI is InChI=1S/C33H43ClF3N7O3S/c1-41-9-2-21(3-10-41)22-4-11-42(12-5-22)30(45)27(18-20-16-24(33(35,36)37)29(38)25(34)17-20)40-31(46)43-13-6-23(7-14-43)44-19-28-26(8-15-48-28)39-32(44)47/h8,15-17,21-23,27H,2-7,9-14,18-19,38H2,1H3,(H,39,47)(H,40,46)/t27-/m1/s1. The maximum absolute atomic E-state index is 14.0. The molecule has 3 fully saturated rings. The van der Waals surface area contributed by atoms with Crippen molar-refractivity contribution in [2.75, 3.05) is 57.4 Å². The number of carbonyl (C=O) groups excluding carboxylic acids is 3. The number of urea groups is 2. The first kappa shape index (κ1) is 34.6. The second-order valence-electron chi connectivity index (χ2n) is 13.6. The van der Waals surface area contributed by atoms with Crippen LogP contribution in [0, 0.1) is 11.8 Å². The molecule has 15 heteroatoms. The number of nitrogen functional groups attached to an aromatic ring is 1. The zero-order valence-corrected chi connectivity index (χ0v) is 28.6. The summed E-state index contributed by atoms with van der Waals surface area (Å²) in [6, 6.07) is 2.36. The summed E-state index contributed by atoms with van der Waals surface area (Å²) in [5, 5.41) is 7.48. The molecule has 0 unspecified atom stereocenters. The molecule has 4 N–H and O–H groups in total. The number of alkyl halides is 3. The van der Waals surface area contributed by atoms with Crippen LogP contribution in [0.1, 0.15) is 54.5 Å². The molecular formula is C33H43ClF3N7O3S. The lowest BCUT2D eigenvalue weighted by Gasteiger charge is -2.41. The number of hydrogen-bond acceptors (Lipinski definition) is 6. The maximum Gasteiger partial charge on any atom is 0.418 e. The minimum atomic E-state index is -4.73. The first-order valence-electron chi connectivity index (χ1n) is 16.7. The van der Waals surface area contributed by atoms with Crippen LogP contribution in [0.3, 0.4) is 0 Å². The van der Waals surface area contributed by atoms with E-state index >= 15 is 0 Å². The zero-order valence-electron chi connectivity index (χ0n) is 27.0. The van der Waals surface area contributed by atoms with Gasteiger partial charge in [0.15, 0.2) is 0 Å². The van der Waals surface area contributed by atoms with E-state index in [4.69, 9.17) is 17.3 Å². The first-order valence-corrected chi connectivity index (χ1v) is 17.9. The smallest absolute Gasteiger partial charge is 0.397 e. The molecule has 0 bridgehead atoms. The Hall–Kier alpha value is -3.23. The van der Waals surface area contributed by atoms with Crippen molar-refractivity contribution >= 4 is 52.3 Å². The SMILES string of the molecule is CN1CCC(C2CCN(C(=O)[C@@H](Cc3cc(Cl)c(N)c(C(F)(F)F)c3)NC(=O)N3CCC(N4Cc5sccc5NC4=O)CC3)CC2)CC1. The molecule has 1 atom stereocenters. The molecule has 262 valence electrons. The van der Waals surface area contributed by atoms with E-state index in [9.17, 15) is 27.6 Å². The molecule has 0 radical (unpaired) electrons. The van der Waals surface area contributed by atoms with E-state index in [0.29, 0.717) is 57.4 Å². The van der Waals surface area contributed by atoms with Gasteiger partial charge in [-0.25, -0.2) is 9.59 Å². The number of halogens is 4. The van der Waals surface area contributed by atoms with Crippen LogP contribution in [0.4, 0.5) is 34.1 Å². The van der Waals surface area contributed by atoms with Gasteiger partial charge < -0.3 is 36.0 Å². The van der Waals surface area contributed by atoms with Gasteiger partial charge in [-0.05, 0) is 99.6 Å². The lowest BCUT2D eigenvalue weighted by molar-refractivity contribution is -0.137. The van der Waals surface area contributed by atoms with Crippen molar-refractivity contribution < 1.29 is 27.6 Å². The minimum absolute atomic E-state index is 0.0507. The van der Waals surface area contributed by atoms with Gasteiger partial charge >= 0.3 is 18.2 Å². The number of amides is 5. The number of thiophene rings is 1. The zero-order chi connectivity index (χ0) is 34.2. The molecule has 2 aromatic rings. The Labute approximate surface area is 287 Å². The number of nitrogens with zero attached hydrogens (tertiary/aromatic N) is 4. The van der Waals surface area contributed by atoms with Gasteiger partial charge in [-0.1, -0.05) is 11.6 Å². The van der Waals surface area contributed by atoms with Crippen molar-refractivity contribution in [3.8, 4) is 0 Å². The van der Waals surface area contributed by atoms with Crippen LogP contribution in [0.25, 0.3) is 0 Å². The van der Waals surface area contributed by atoms with Gasteiger partial charge in [-0.2, -0.15) is 13.2 Å². The lowest BCUT2D eigenvalue weighted by Crippen LogP contribution is -2.57. The normalized spacial score (nSPS) is 21.2. The average Bonchev–Trinajstić information content (AvgIpc) is 3.52. The van der Waals surface area contributed by atoms with E-state index < -0.39 is 29.5 Å². The van der Waals surface area contributed by atoms with Crippen LogP contribution in [-0.4, -0.2) is 96.0 Å². The van der Waals surface area contributed by atoms with E-state index in [-0.39, 0.29) is 35.0 Å². The molecule has 4 aliphatic rings. The molecule has 3 saturated heterocycles. The molecule has 48 heavy (non-hydrogen) atoms. The number of carbonyl (C=O) groups is 3. The summed E-state index contributed by atoms with van der Waals surface area (Å²) in [6.07, 6.45) is 0.219. The minimum Gasteiger partial charge on any atom is -0.397 e. The Bertz CT molecular complexity index is 1500. The van der Waals surface area contributed by atoms with Crippen molar-refractivity contribution in [3.63, 3.8) is 0 Å². The quantitative estimate of drug-likeness (QED) is 0.333. The van der Waals surface area contributed by atoms with Crippen molar-refractivity contribution in [1.82, 2.24) is 24.9 Å². The number of nitrogens with two attached hydrogens (primary N) is 1. The Kier molecular flexibility index (Phi) is 10.3. The highest BCUT2D eigenvalue weighted by molar-refractivity contribution is 7.10. The largest absolute Gasteiger partial charge is 0.418 e. The Balaban J connectivity index is 1.13. The third kappa shape index (κ3) is 7.65. The van der Waals surface area contributed by atoms with Gasteiger partial charge in [-0.15, -0.1) is 11.3 Å². The number of benzene rings is 1. The molecule has 5 amide bonds. The Morgan fingerprint density at radius 2 is 1.65 bits per heavy atom. The molecule has 4 aliphatic heterocycles. The molecule has 0 spiro atoms. The predicted molar refractivity (Wildman–Crippen MR) is 180 cm³/mol. The van der Waals surface area contributed by atoms with E-state index in [2.05, 4.69) is 22.6 Å². The molecular weight excluding hydrogens is 667 g/mol. The van der Waals surface area contributed by atoms with Crippen LogP contribution in [0.2, 0.25) is 5.02 Å². The molecule has 1 aromatic carbocycles. The summed E-state index contributed by atoms with van der Waals surface area (Å²) >= 11 is 7.71. The van der Waals surface area contributed by atoms with E-state index in [0.717, 1.165) is 55.4 Å². The van der Waals surface area contributed by atoms with Gasteiger partial charge in [0, 0.05) is 43.5 Å². The number of anilines is 2. The molecule has 6 rings (SSSR count). The maximum atomic E-state index is 14.0. The van der Waals surface area contributed by atoms with E-state index in [1.165, 1.54) is 6.07 Å². The fourth-order valence-electron chi connectivity index (χ4n) is 7.68. The summed E-state index contributed by atoms with van der Waals surface area (Å²) in [7, 11) is 2.13. The van der Waals surface area contributed by atoms with Crippen molar-refractivity contribution in [2.45, 2.75) is 69.8 Å². The van der Waals surface area contributed by atoms with Crippen molar-refractivity contribution in [3.05, 3.63) is 44.6 Å². The van der Waals surface area contributed by atoms with Gasteiger partial charge in [0.05, 0.1) is 28.5 Å². The second-order valence-corrected chi connectivity index (χ2v) is 15.0. The number of fused-ring (bicyclic) bond motifs is 1. The van der Waals surface area contributed by atoms with Crippen LogP contribution in [-0.2, 0) is 23.9 Å². The summed E-state index contributed by atoms with van der Waals surface area (Å²) in [5.41, 5.74) is 5.01. The number of rotatable bonds is 6. The van der Waals surface area contributed by atoms with Gasteiger partial charge in [0.1, 0.15) is 6.04 Å². The summed E-state index contributed by atoms with van der Waals surface area (Å²) in [6.45, 7) is 4.46. The first-order chi connectivity index (χ1) is 22.9. The Morgan fingerprint density at radius 1 is 1.02 bits per heavy atom. The molecule has 1 aromatic heterocycles. The van der Waals surface area contributed by atoms with Crippen LogP contribution < -0.4 is 16.4 Å². The molecule has 0 saturated carbocycles. The van der Waals surface area contributed by atoms with Gasteiger partial charge in [0.25, 0.3) is 0 Å². The monoisotopic (exact) mass is 709 g/mol. The van der Waals surface area contributed by atoms with Crippen LogP contribution in [0.15, 0.2) is 23.6 Å². The molecule has 10 nitrogen and oxygen atoms in total. The van der Waals surface area contributed by atoms with E-state index in [1.54, 1.807) is 26.0 Å². The third-order valence-corrected chi connectivity index (χ3v) is 11.8. The van der Waals surface area contributed by atoms with Crippen LogP contribution in [0.5, 0.6) is 0 Å². The average molecular weight is 710 g/mol. The highest BCUT2D eigenvalue weighted by Crippen LogP contribution is 2.38. The van der Waals surface area contributed by atoms with Gasteiger partial charge in [0.2, 0.25) is 5.91 Å². The van der Waals surface area contributed by atoms with Crippen LogP contribution >= 0.6 is 22.9 Å². The highest BCUT2D eigenvalue weighted by atomic mass is 35.5. The number of piperidine rings is 3. The fraction of sp³-hybridized carbons (Fsp3) is 0.606. The highest BCUT2D eigenvalue weighted by Gasteiger charge is 2.38. The summed E-state index contributed by atoms with van der Waals surface area (Å²) in [4.78, 5) is 49.0. The van der Waals surface area contributed by atoms with Crippen molar-refractivity contribution in [1.29, 1.82) is 0 Å². The number of hydrogen-bond donors (Lipinski definition) is 3. The summed E-state index contributed by atoms with van der Waals surface area (Å²) in [5.74, 6) is 0.826. The molecule has 5 heterocycles. The Morgan fingerprint density at radius 3 is 2.29 bits per heavy atom. The number of likely N-dealkylation sites (tertiary alicyclic amines) is 3. The second kappa shape index (κ2) is 14.3. The predicted octanol–water partition coefficient (Wildman–Crippen LogP) is 5.72. The lowest BCUT2D eigenvalue weighted by atomic mass is 9.79. The van der Waals surface area contributed by atoms with Crippen molar-refractivity contribution in [2.24, 2.45) is 11.8 Å². The molecule has 0 aliphatic carbocycles. The third-order valence-electron chi connectivity index (χ3n) is 10.6. The van der Waals surface area contributed by atoms with Gasteiger partial charge in [-0.3, -0.25) is 4.79 Å². The number of nitrogens with one attached hydrogen (secondary N) is 2. The fourth-order valence-corrected chi connectivity index (χ4v) is 8.75. The summed E-state index contributed by atoms with van der Waals surface area (Å²) < 4.78 is 41.4. The van der Waals surface area contributed by atoms with E-state index in [1.807, 2.05) is 11.4 Å².